The van der Waals surface area contributed by atoms with Crippen molar-refractivity contribution >= 4 is 0 Å². The molecule has 0 aromatic carbocycles. The van der Waals surface area contributed by atoms with Crippen molar-refractivity contribution in [3.05, 3.63) is 12.2 Å². The molecule has 2 heteroatoms. The molecule has 0 fully saturated rings. The predicted molar refractivity (Wildman–Crippen MR) is 31.2 cm³/mol. The molecule has 47 valence electrons. The minimum atomic E-state index is -0.146. The van der Waals surface area contributed by atoms with Crippen LogP contribution < -0.4 is 0 Å². The minimum absolute atomic E-state index is 0.146. The molecule has 1 radical (unpaired) electrons. The fourth-order valence-electron chi connectivity index (χ4n) is 0.322. The summed E-state index contributed by atoms with van der Waals surface area (Å²) in [6.07, 6.45) is 3.28. The van der Waals surface area contributed by atoms with Gasteiger partial charge in [0.1, 0.15) is 6.61 Å². The Morgan fingerprint density at radius 2 is 2.25 bits per heavy atom. The van der Waals surface area contributed by atoms with E-state index < -0.39 is 0 Å². The topological polar surface area (TPSA) is 29.1 Å². The van der Waals surface area contributed by atoms with E-state index in [-0.39, 0.29) is 6.61 Å². The molecule has 0 N–H and O–H groups in total. The number of hydrogen-bond acceptors (Lipinski definition) is 1. The Labute approximate surface area is 49.8 Å². The molecule has 0 amide bonds. The summed E-state index contributed by atoms with van der Waals surface area (Å²) in [7, 11) is 0. The summed E-state index contributed by atoms with van der Waals surface area (Å²) in [5, 5.41) is 9.75. The van der Waals surface area contributed by atoms with Crippen LogP contribution in [-0.4, -0.2) is 19.8 Å². The van der Waals surface area contributed by atoms with Gasteiger partial charge in [0.05, 0.1) is 6.61 Å². The van der Waals surface area contributed by atoms with Gasteiger partial charge in [0.2, 0.25) is 0 Å². The molecular weight excluding hydrogens is 104 g/mol. The smallest absolute Gasteiger partial charge is 0.100 e. The molecule has 0 saturated carbocycles. The highest BCUT2D eigenvalue weighted by molar-refractivity contribution is 4.79. The standard InChI is InChI=1S/C6H11O2/c1-2-8-6-4-3-5-7/h3-4H,2,5-6H2,1H3. The third kappa shape index (κ3) is 5.66. The van der Waals surface area contributed by atoms with Crippen molar-refractivity contribution in [1.82, 2.24) is 0 Å². The van der Waals surface area contributed by atoms with E-state index in [9.17, 15) is 5.11 Å². The van der Waals surface area contributed by atoms with Crippen LogP contribution in [0.3, 0.4) is 0 Å². The van der Waals surface area contributed by atoms with E-state index in [1.54, 1.807) is 12.2 Å². The van der Waals surface area contributed by atoms with Crippen molar-refractivity contribution < 1.29 is 9.84 Å². The Morgan fingerprint density at radius 1 is 1.50 bits per heavy atom. The Balaban J connectivity index is 2.80. The molecule has 0 aliphatic rings. The molecule has 0 atom stereocenters. The van der Waals surface area contributed by atoms with Crippen LogP contribution in [0.15, 0.2) is 12.2 Å². The largest absolute Gasteiger partial charge is 0.378 e. The molecule has 0 unspecified atom stereocenters. The van der Waals surface area contributed by atoms with Crippen LogP contribution in [-0.2, 0) is 9.84 Å². The second-order valence-corrected chi connectivity index (χ2v) is 1.30. The van der Waals surface area contributed by atoms with Gasteiger partial charge in [0, 0.05) is 6.61 Å². The molecule has 0 spiro atoms. The lowest BCUT2D eigenvalue weighted by Gasteiger charge is -1.90. The van der Waals surface area contributed by atoms with Crippen molar-refractivity contribution in [2.45, 2.75) is 6.92 Å². The quantitative estimate of drug-likeness (QED) is 0.397. The second-order valence-electron chi connectivity index (χ2n) is 1.30. The first-order valence-electron chi connectivity index (χ1n) is 2.72. The van der Waals surface area contributed by atoms with Gasteiger partial charge in [-0.2, -0.15) is 0 Å². The summed E-state index contributed by atoms with van der Waals surface area (Å²) in [5.74, 6) is 0. The van der Waals surface area contributed by atoms with E-state index in [4.69, 9.17) is 4.74 Å². The lowest BCUT2D eigenvalue weighted by Crippen LogP contribution is -1.88. The first kappa shape index (κ1) is 7.66. The maximum atomic E-state index is 9.75. The maximum absolute atomic E-state index is 9.75. The summed E-state index contributed by atoms with van der Waals surface area (Å²) in [5.41, 5.74) is 0. The molecule has 0 aliphatic heterocycles. The van der Waals surface area contributed by atoms with E-state index in [0.717, 1.165) is 0 Å². The Hall–Kier alpha value is -0.340. The normalized spacial score (nSPS) is 10.8. The van der Waals surface area contributed by atoms with E-state index in [1.165, 1.54) is 0 Å². The van der Waals surface area contributed by atoms with Crippen LogP contribution in [0.1, 0.15) is 6.92 Å². The summed E-state index contributed by atoms with van der Waals surface area (Å²) >= 11 is 0. The van der Waals surface area contributed by atoms with E-state index in [0.29, 0.717) is 13.2 Å². The Bertz CT molecular complexity index is 59.5. The van der Waals surface area contributed by atoms with Gasteiger partial charge in [0.25, 0.3) is 0 Å². The maximum Gasteiger partial charge on any atom is 0.100 e. The minimum Gasteiger partial charge on any atom is -0.378 e. The number of rotatable bonds is 4. The fraction of sp³-hybridized carbons (Fsp3) is 0.667. The molecule has 0 rings (SSSR count). The molecule has 2 nitrogen and oxygen atoms in total. The summed E-state index contributed by atoms with van der Waals surface area (Å²) in [4.78, 5) is 0. The van der Waals surface area contributed by atoms with Gasteiger partial charge in [-0.1, -0.05) is 12.2 Å². The van der Waals surface area contributed by atoms with Gasteiger partial charge in [0.15, 0.2) is 0 Å². The highest BCUT2D eigenvalue weighted by Gasteiger charge is 1.73. The van der Waals surface area contributed by atoms with Gasteiger partial charge < -0.3 is 4.74 Å². The van der Waals surface area contributed by atoms with Crippen molar-refractivity contribution in [1.29, 1.82) is 0 Å². The first-order chi connectivity index (χ1) is 3.91. The van der Waals surface area contributed by atoms with Crippen molar-refractivity contribution in [3.8, 4) is 0 Å². The SMILES string of the molecule is CCOCC=CC[O]. The monoisotopic (exact) mass is 115 g/mol. The second kappa shape index (κ2) is 6.66. The molecule has 0 aromatic heterocycles. The van der Waals surface area contributed by atoms with Gasteiger partial charge in [-0.25, -0.2) is 5.11 Å². The molecule has 0 bridgehead atoms. The third-order valence-corrected chi connectivity index (χ3v) is 0.681. The molecule has 8 heavy (non-hydrogen) atoms. The van der Waals surface area contributed by atoms with Crippen LogP contribution in [0.5, 0.6) is 0 Å². The summed E-state index contributed by atoms with van der Waals surface area (Å²) in [6.45, 7) is 3.06. The average Bonchev–Trinajstić information content (AvgIpc) is 1.81. The molecule has 0 heterocycles. The van der Waals surface area contributed by atoms with E-state index in [2.05, 4.69) is 0 Å². The summed E-state index contributed by atoms with van der Waals surface area (Å²) < 4.78 is 4.91. The molecule has 0 saturated heterocycles. The molecule has 0 aliphatic carbocycles. The average molecular weight is 115 g/mol. The predicted octanol–water partition coefficient (Wildman–Crippen LogP) is 1.01. The van der Waals surface area contributed by atoms with Gasteiger partial charge in [-0.3, -0.25) is 0 Å². The van der Waals surface area contributed by atoms with Crippen molar-refractivity contribution in [3.63, 3.8) is 0 Å². The Kier molecular flexibility index (Phi) is 6.38. The van der Waals surface area contributed by atoms with Crippen molar-refractivity contribution in [2.75, 3.05) is 19.8 Å². The third-order valence-electron chi connectivity index (χ3n) is 0.681. The fourth-order valence-corrected chi connectivity index (χ4v) is 0.322. The molecule has 0 aromatic rings. The van der Waals surface area contributed by atoms with Crippen LogP contribution in [0.2, 0.25) is 0 Å². The molecular formula is C6H11O2. The zero-order valence-electron chi connectivity index (χ0n) is 5.09. The highest BCUT2D eigenvalue weighted by Crippen LogP contribution is 1.74. The zero-order valence-corrected chi connectivity index (χ0v) is 5.09. The lowest BCUT2D eigenvalue weighted by atomic mass is 10.5. The van der Waals surface area contributed by atoms with E-state index in [1.807, 2.05) is 6.92 Å². The van der Waals surface area contributed by atoms with Gasteiger partial charge >= 0.3 is 0 Å². The van der Waals surface area contributed by atoms with Crippen LogP contribution in [0.25, 0.3) is 0 Å². The van der Waals surface area contributed by atoms with E-state index >= 15 is 0 Å². The summed E-state index contributed by atoms with van der Waals surface area (Å²) in [6, 6.07) is 0. The highest BCUT2D eigenvalue weighted by atomic mass is 16.5. The first-order valence-corrected chi connectivity index (χ1v) is 2.72. The number of ether oxygens (including phenoxy) is 1. The lowest BCUT2D eigenvalue weighted by molar-refractivity contribution is 0.176. The van der Waals surface area contributed by atoms with Crippen molar-refractivity contribution in [2.24, 2.45) is 0 Å². The van der Waals surface area contributed by atoms with Gasteiger partial charge in [-0.05, 0) is 6.92 Å². The Morgan fingerprint density at radius 3 is 2.75 bits per heavy atom. The van der Waals surface area contributed by atoms with Crippen LogP contribution in [0, 0.1) is 0 Å². The number of hydrogen-bond donors (Lipinski definition) is 0. The zero-order chi connectivity index (χ0) is 6.24. The van der Waals surface area contributed by atoms with Gasteiger partial charge in [-0.15, -0.1) is 0 Å². The van der Waals surface area contributed by atoms with Crippen LogP contribution in [0.4, 0.5) is 0 Å². The van der Waals surface area contributed by atoms with Crippen LogP contribution >= 0.6 is 0 Å².